The molecule has 112 valence electrons. The van der Waals surface area contributed by atoms with Crippen LogP contribution < -0.4 is 9.04 Å². The summed E-state index contributed by atoms with van der Waals surface area (Å²) < 4.78 is 33.7. The van der Waals surface area contributed by atoms with E-state index in [0.29, 0.717) is 26.7 Å². The number of rotatable bonds is 3. The molecule has 0 radical (unpaired) electrons. The molecule has 0 saturated carbocycles. The summed E-state index contributed by atoms with van der Waals surface area (Å²) in [5.41, 5.74) is 1.68. The van der Waals surface area contributed by atoms with E-state index in [0.717, 1.165) is 18.4 Å². The normalized spacial score (nSPS) is 14.9. The lowest BCUT2D eigenvalue weighted by molar-refractivity contribution is 0.414. The molecule has 1 aliphatic heterocycles. The molecule has 0 N–H and O–H groups in total. The highest BCUT2D eigenvalue weighted by Gasteiger charge is 2.33. The highest BCUT2D eigenvalue weighted by atomic mass is 79.9. The summed E-state index contributed by atoms with van der Waals surface area (Å²) in [5.74, 6) is 0.600. The zero-order chi connectivity index (χ0) is 15.0. The van der Waals surface area contributed by atoms with Gasteiger partial charge in [-0.05, 0) is 51.8 Å². The van der Waals surface area contributed by atoms with Gasteiger partial charge in [-0.15, -0.1) is 11.3 Å². The van der Waals surface area contributed by atoms with E-state index < -0.39 is 10.0 Å². The molecule has 1 aliphatic rings. The number of ether oxygens (including phenoxy) is 1. The van der Waals surface area contributed by atoms with Gasteiger partial charge < -0.3 is 4.74 Å². The first kappa shape index (κ1) is 14.9. The summed E-state index contributed by atoms with van der Waals surface area (Å²) in [6.45, 7) is 0.472. The van der Waals surface area contributed by atoms with E-state index in [1.807, 2.05) is 12.1 Å². The maximum atomic E-state index is 13.0. The number of sulfonamides is 1. The van der Waals surface area contributed by atoms with Crippen LogP contribution in [-0.4, -0.2) is 22.1 Å². The third-order valence-corrected chi connectivity index (χ3v) is 7.91. The molecule has 2 heterocycles. The smallest absolute Gasteiger partial charge is 0.275 e. The van der Waals surface area contributed by atoms with Crippen molar-refractivity contribution in [2.24, 2.45) is 0 Å². The third kappa shape index (κ3) is 2.47. The molecule has 2 aromatic rings. The summed E-state index contributed by atoms with van der Waals surface area (Å²) in [7, 11) is -2.00. The minimum absolute atomic E-state index is 0.334. The number of hydrogen-bond acceptors (Lipinski definition) is 4. The van der Waals surface area contributed by atoms with Crippen molar-refractivity contribution in [2.45, 2.75) is 17.1 Å². The van der Waals surface area contributed by atoms with Crippen molar-refractivity contribution in [3.05, 3.63) is 39.7 Å². The molecule has 0 atom stereocenters. The van der Waals surface area contributed by atoms with Crippen LogP contribution in [0.3, 0.4) is 0 Å². The number of halogens is 1. The van der Waals surface area contributed by atoms with E-state index >= 15 is 0 Å². The second-order valence-corrected chi connectivity index (χ2v) is 8.53. The average Bonchev–Trinajstić information content (AvgIpc) is 2.92. The van der Waals surface area contributed by atoms with Gasteiger partial charge in [0.2, 0.25) is 0 Å². The molecule has 21 heavy (non-hydrogen) atoms. The number of anilines is 1. The Labute approximate surface area is 136 Å². The molecule has 0 unspecified atom stereocenters. The number of nitrogens with zero attached hydrogens (tertiary/aromatic N) is 1. The average molecular weight is 388 g/mol. The minimum atomic E-state index is -3.57. The molecule has 0 aliphatic carbocycles. The summed E-state index contributed by atoms with van der Waals surface area (Å²) in [6, 6.07) is 7.42. The Morgan fingerprint density at radius 2 is 2.14 bits per heavy atom. The molecule has 0 spiro atoms. The standard InChI is InChI=1S/C14H14BrNO3S2/c1-19-12-6-2-4-10-5-3-8-16(13(10)12)21(17,18)14-11(15)7-9-20-14/h2,4,6-7,9H,3,5,8H2,1H3. The fraction of sp³-hybridized carbons (Fsp3) is 0.286. The van der Waals surface area contributed by atoms with Gasteiger partial charge in [0.15, 0.2) is 4.21 Å². The van der Waals surface area contributed by atoms with Gasteiger partial charge in [0.25, 0.3) is 10.0 Å². The molecule has 1 aromatic heterocycles. The van der Waals surface area contributed by atoms with Crippen LogP contribution in [0.25, 0.3) is 0 Å². The number of para-hydroxylation sites is 1. The summed E-state index contributed by atoms with van der Waals surface area (Å²) in [6.07, 6.45) is 1.67. The zero-order valence-electron chi connectivity index (χ0n) is 11.4. The van der Waals surface area contributed by atoms with Gasteiger partial charge in [0, 0.05) is 11.0 Å². The fourth-order valence-electron chi connectivity index (χ4n) is 2.55. The van der Waals surface area contributed by atoms with Gasteiger partial charge in [-0.1, -0.05) is 12.1 Å². The first-order chi connectivity index (χ1) is 10.1. The van der Waals surface area contributed by atoms with E-state index in [1.165, 1.54) is 15.6 Å². The van der Waals surface area contributed by atoms with Crippen molar-refractivity contribution >= 4 is 43.0 Å². The topological polar surface area (TPSA) is 46.6 Å². The van der Waals surface area contributed by atoms with Gasteiger partial charge in [-0.25, -0.2) is 8.42 Å². The Bertz CT molecular complexity index is 756. The lowest BCUT2D eigenvalue weighted by atomic mass is 10.0. The maximum absolute atomic E-state index is 13.0. The van der Waals surface area contributed by atoms with Gasteiger partial charge in [-0.3, -0.25) is 4.31 Å². The van der Waals surface area contributed by atoms with Crippen LogP contribution >= 0.6 is 27.3 Å². The number of hydrogen-bond donors (Lipinski definition) is 0. The van der Waals surface area contributed by atoms with Crippen molar-refractivity contribution in [2.75, 3.05) is 18.0 Å². The zero-order valence-corrected chi connectivity index (χ0v) is 14.6. The molecule has 0 bridgehead atoms. The van der Waals surface area contributed by atoms with Crippen molar-refractivity contribution in [1.29, 1.82) is 0 Å². The van der Waals surface area contributed by atoms with Crippen LogP contribution in [0.5, 0.6) is 5.75 Å². The monoisotopic (exact) mass is 387 g/mol. The van der Waals surface area contributed by atoms with Crippen molar-refractivity contribution < 1.29 is 13.2 Å². The lowest BCUT2D eigenvalue weighted by Crippen LogP contribution is -2.35. The van der Waals surface area contributed by atoms with E-state index in [-0.39, 0.29) is 0 Å². The van der Waals surface area contributed by atoms with E-state index in [1.54, 1.807) is 24.6 Å². The minimum Gasteiger partial charge on any atom is -0.495 e. The Morgan fingerprint density at radius 1 is 1.33 bits per heavy atom. The summed E-state index contributed by atoms with van der Waals surface area (Å²) in [5, 5.41) is 1.77. The van der Waals surface area contributed by atoms with Gasteiger partial charge in [-0.2, -0.15) is 0 Å². The predicted octanol–water partition coefficient (Wildman–Crippen LogP) is 3.66. The van der Waals surface area contributed by atoms with Crippen LogP contribution in [0.1, 0.15) is 12.0 Å². The number of thiophene rings is 1. The highest BCUT2D eigenvalue weighted by molar-refractivity contribution is 9.10. The lowest BCUT2D eigenvalue weighted by Gasteiger charge is -2.31. The number of fused-ring (bicyclic) bond motifs is 1. The molecule has 0 fully saturated rings. The van der Waals surface area contributed by atoms with E-state index in [9.17, 15) is 8.42 Å². The summed E-state index contributed by atoms with van der Waals surface area (Å²) in [4.78, 5) is 0. The molecular weight excluding hydrogens is 374 g/mol. The Morgan fingerprint density at radius 3 is 2.81 bits per heavy atom. The first-order valence-electron chi connectivity index (χ1n) is 6.47. The van der Waals surface area contributed by atoms with Crippen molar-refractivity contribution in [3.63, 3.8) is 0 Å². The number of aryl methyl sites for hydroxylation is 1. The van der Waals surface area contributed by atoms with Crippen molar-refractivity contribution in [3.8, 4) is 5.75 Å². The fourth-order valence-corrected chi connectivity index (χ4v) is 6.51. The first-order valence-corrected chi connectivity index (χ1v) is 9.58. The number of methoxy groups -OCH3 is 1. The van der Waals surface area contributed by atoms with Gasteiger partial charge >= 0.3 is 0 Å². The van der Waals surface area contributed by atoms with Crippen LogP contribution in [-0.2, 0) is 16.4 Å². The second-order valence-electron chi connectivity index (χ2n) is 4.70. The van der Waals surface area contributed by atoms with Crippen molar-refractivity contribution in [1.82, 2.24) is 0 Å². The predicted molar refractivity (Wildman–Crippen MR) is 87.9 cm³/mol. The molecule has 0 saturated heterocycles. The van der Waals surface area contributed by atoms with E-state index in [2.05, 4.69) is 15.9 Å². The molecule has 3 rings (SSSR count). The molecular formula is C14H14BrNO3S2. The van der Waals surface area contributed by atoms with E-state index in [4.69, 9.17) is 4.74 Å². The molecule has 0 amide bonds. The Hall–Kier alpha value is -1.05. The van der Waals surface area contributed by atoms with Gasteiger partial charge in [0.05, 0.1) is 12.8 Å². The maximum Gasteiger partial charge on any atom is 0.275 e. The Kier molecular flexibility index (Phi) is 3.98. The largest absolute Gasteiger partial charge is 0.495 e. The quantitative estimate of drug-likeness (QED) is 0.806. The molecule has 7 heteroatoms. The highest BCUT2D eigenvalue weighted by Crippen LogP contribution is 2.41. The molecule has 1 aromatic carbocycles. The second kappa shape index (κ2) is 5.62. The third-order valence-electron chi connectivity index (χ3n) is 3.47. The number of benzene rings is 1. The van der Waals surface area contributed by atoms with Gasteiger partial charge in [0.1, 0.15) is 5.75 Å². The van der Waals surface area contributed by atoms with Crippen LogP contribution in [0.15, 0.2) is 38.3 Å². The molecule has 4 nitrogen and oxygen atoms in total. The SMILES string of the molecule is COc1cccc2c1N(S(=O)(=O)c1sccc1Br)CCC2. The van der Waals surface area contributed by atoms with Crippen LogP contribution in [0.4, 0.5) is 5.69 Å². The summed E-state index contributed by atoms with van der Waals surface area (Å²) >= 11 is 4.54. The van der Waals surface area contributed by atoms with Crippen LogP contribution in [0.2, 0.25) is 0 Å². The Balaban J connectivity index is 2.17. The van der Waals surface area contributed by atoms with Crippen LogP contribution in [0, 0.1) is 0 Å².